The van der Waals surface area contributed by atoms with Gasteiger partial charge in [0.15, 0.2) is 5.13 Å². The number of sulfonamides is 1. The zero-order valence-corrected chi connectivity index (χ0v) is 19.9. The van der Waals surface area contributed by atoms with E-state index in [1.807, 2.05) is 35.7 Å². The molecule has 3 aromatic rings. The number of halogens is 2. The van der Waals surface area contributed by atoms with Gasteiger partial charge in [0.05, 0.1) is 5.69 Å². The summed E-state index contributed by atoms with van der Waals surface area (Å²) >= 11 is 1.36. The number of rotatable bonds is 7. The number of thiazole rings is 1. The highest BCUT2D eigenvalue weighted by atomic mass is 32.2. The molecule has 0 spiro atoms. The molecule has 0 N–H and O–H groups in total. The Morgan fingerprint density at radius 3 is 2.53 bits per heavy atom. The van der Waals surface area contributed by atoms with E-state index < -0.39 is 32.5 Å². The molecule has 1 aliphatic rings. The van der Waals surface area contributed by atoms with Crippen LogP contribution in [0.4, 0.5) is 13.9 Å². The van der Waals surface area contributed by atoms with Gasteiger partial charge in [0, 0.05) is 42.6 Å². The van der Waals surface area contributed by atoms with Gasteiger partial charge in [-0.05, 0) is 25.0 Å². The first-order valence-corrected chi connectivity index (χ1v) is 13.0. The third-order valence-corrected chi connectivity index (χ3v) is 8.48. The molecule has 4 rings (SSSR count). The largest absolute Gasteiger partial charge is 0.284 e. The van der Waals surface area contributed by atoms with Gasteiger partial charge in [-0.1, -0.05) is 36.4 Å². The van der Waals surface area contributed by atoms with Crippen molar-refractivity contribution >= 4 is 32.4 Å². The zero-order valence-electron chi connectivity index (χ0n) is 18.2. The molecule has 178 valence electrons. The molecule has 0 radical (unpaired) electrons. The zero-order chi connectivity index (χ0) is 24.3. The van der Waals surface area contributed by atoms with Gasteiger partial charge in [-0.2, -0.15) is 4.31 Å². The van der Waals surface area contributed by atoms with Gasteiger partial charge in [-0.3, -0.25) is 9.69 Å². The van der Waals surface area contributed by atoms with Gasteiger partial charge in [-0.25, -0.2) is 22.2 Å². The molecule has 10 heteroatoms. The molecule has 0 unspecified atom stereocenters. The van der Waals surface area contributed by atoms with Crippen molar-refractivity contribution in [3.8, 4) is 11.3 Å². The first-order valence-electron chi connectivity index (χ1n) is 10.7. The molecular weight excluding hydrogens is 480 g/mol. The number of anilines is 1. The van der Waals surface area contributed by atoms with Crippen LogP contribution in [0.5, 0.6) is 0 Å². The average molecular weight is 504 g/mol. The fourth-order valence-electron chi connectivity index (χ4n) is 3.91. The Kier molecular flexibility index (Phi) is 7.20. The number of benzene rings is 2. The summed E-state index contributed by atoms with van der Waals surface area (Å²) < 4.78 is 54.1. The van der Waals surface area contributed by atoms with Crippen LogP contribution in [-0.2, 0) is 14.8 Å². The second-order valence-electron chi connectivity index (χ2n) is 7.87. The van der Waals surface area contributed by atoms with Crippen LogP contribution in [0.1, 0.15) is 12.8 Å². The summed E-state index contributed by atoms with van der Waals surface area (Å²) in [6.07, 6.45) is 2.19. The minimum Gasteiger partial charge on any atom is -0.284 e. The summed E-state index contributed by atoms with van der Waals surface area (Å²) in [5.74, 6) is -2.54. The average Bonchev–Trinajstić information content (AvgIpc) is 3.32. The van der Waals surface area contributed by atoms with E-state index in [9.17, 15) is 22.0 Å². The Morgan fingerprint density at radius 2 is 1.88 bits per heavy atom. The van der Waals surface area contributed by atoms with Crippen LogP contribution in [0.2, 0.25) is 0 Å². The summed E-state index contributed by atoms with van der Waals surface area (Å²) in [5, 5.41) is 2.44. The van der Waals surface area contributed by atoms with Crippen LogP contribution in [-0.4, -0.2) is 43.2 Å². The third kappa shape index (κ3) is 4.94. The molecule has 1 aliphatic heterocycles. The summed E-state index contributed by atoms with van der Waals surface area (Å²) in [4.78, 5) is 19.0. The van der Waals surface area contributed by atoms with E-state index in [2.05, 4.69) is 11.6 Å². The lowest BCUT2D eigenvalue weighted by Crippen LogP contribution is -2.44. The summed E-state index contributed by atoms with van der Waals surface area (Å²) in [6, 6.07) is 12.0. The van der Waals surface area contributed by atoms with Crippen LogP contribution < -0.4 is 4.90 Å². The Hall–Kier alpha value is -2.95. The fraction of sp³-hybridized carbons (Fsp3) is 0.250. The van der Waals surface area contributed by atoms with Crippen LogP contribution in [0, 0.1) is 17.6 Å². The molecule has 0 saturated carbocycles. The lowest BCUT2D eigenvalue weighted by Gasteiger charge is -2.32. The lowest BCUT2D eigenvalue weighted by molar-refractivity contribution is -0.123. The van der Waals surface area contributed by atoms with E-state index in [1.165, 1.54) is 11.3 Å². The number of hydrogen-bond acceptors (Lipinski definition) is 5. The second kappa shape index (κ2) is 10.1. The molecule has 1 saturated heterocycles. The highest BCUT2D eigenvalue weighted by Crippen LogP contribution is 2.31. The highest BCUT2D eigenvalue weighted by molar-refractivity contribution is 7.89. The Morgan fingerprint density at radius 1 is 1.18 bits per heavy atom. The van der Waals surface area contributed by atoms with Crippen molar-refractivity contribution in [1.29, 1.82) is 0 Å². The molecule has 34 heavy (non-hydrogen) atoms. The Labute approximate surface area is 201 Å². The number of nitrogens with zero attached hydrogens (tertiary/aromatic N) is 3. The van der Waals surface area contributed by atoms with Crippen molar-refractivity contribution in [1.82, 2.24) is 9.29 Å². The number of aromatic nitrogens is 1. The van der Waals surface area contributed by atoms with Crippen LogP contribution in [0.25, 0.3) is 11.3 Å². The molecule has 2 aromatic carbocycles. The first kappa shape index (κ1) is 24.2. The second-order valence-corrected chi connectivity index (χ2v) is 10.6. The minimum absolute atomic E-state index is 0.0601. The van der Waals surface area contributed by atoms with Gasteiger partial charge in [-0.15, -0.1) is 17.9 Å². The van der Waals surface area contributed by atoms with Crippen molar-refractivity contribution in [3.05, 3.63) is 78.2 Å². The van der Waals surface area contributed by atoms with Crippen molar-refractivity contribution in [3.63, 3.8) is 0 Å². The number of carbonyl (C=O) groups is 1. The topological polar surface area (TPSA) is 70.6 Å². The molecule has 1 aromatic heterocycles. The standard InChI is InChI=1S/C24H23F2N3O3S2/c1-2-12-29(24-27-21(16-33-24)17-6-4-3-5-7-17)23(30)18-10-13-28(14-11-18)34(31,32)22-9-8-19(25)15-20(22)26/h2-9,15-16,18H,1,10-14H2. The quantitative estimate of drug-likeness (QED) is 0.438. The summed E-state index contributed by atoms with van der Waals surface area (Å²) in [5.41, 5.74) is 1.72. The SMILES string of the molecule is C=CCN(C(=O)C1CCN(S(=O)(=O)c2ccc(F)cc2F)CC1)c1nc(-c2ccccc2)cs1. The number of hydrogen-bond donors (Lipinski definition) is 0. The molecule has 1 fully saturated rings. The Bertz CT molecular complexity index is 1290. The first-order chi connectivity index (χ1) is 16.3. The predicted octanol–water partition coefficient (Wildman–Crippen LogP) is 4.71. The smallest absolute Gasteiger partial charge is 0.245 e. The van der Waals surface area contributed by atoms with Crippen molar-refractivity contribution in [2.75, 3.05) is 24.5 Å². The number of piperidine rings is 1. The maximum absolute atomic E-state index is 14.1. The van der Waals surface area contributed by atoms with E-state index in [0.29, 0.717) is 11.2 Å². The van der Waals surface area contributed by atoms with Crippen LogP contribution >= 0.6 is 11.3 Å². The molecular formula is C24H23F2N3O3S2. The van der Waals surface area contributed by atoms with Gasteiger partial charge in [0.2, 0.25) is 15.9 Å². The molecule has 0 bridgehead atoms. The fourth-order valence-corrected chi connectivity index (χ4v) is 6.27. The lowest BCUT2D eigenvalue weighted by atomic mass is 9.96. The minimum atomic E-state index is -4.13. The van der Waals surface area contributed by atoms with E-state index in [0.717, 1.165) is 27.7 Å². The van der Waals surface area contributed by atoms with E-state index in [1.54, 1.807) is 11.0 Å². The molecule has 0 aliphatic carbocycles. The summed E-state index contributed by atoms with van der Waals surface area (Å²) in [6.45, 7) is 4.14. The summed E-state index contributed by atoms with van der Waals surface area (Å²) in [7, 11) is -4.13. The monoisotopic (exact) mass is 503 g/mol. The molecule has 2 heterocycles. The number of carbonyl (C=O) groups excluding carboxylic acids is 1. The normalized spacial score (nSPS) is 15.2. The van der Waals surface area contributed by atoms with E-state index in [-0.39, 0.29) is 38.4 Å². The third-order valence-electron chi connectivity index (χ3n) is 5.69. The van der Waals surface area contributed by atoms with Gasteiger partial charge in [0.1, 0.15) is 16.5 Å². The van der Waals surface area contributed by atoms with Gasteiger partial charge < -0.3 is 0 Å². The molecule has 6 nitrogen and oxygen atoms in total. The van der Waals surface area contributed by atoms with Crippen molar-refractivity contribution in [2.45, 2.75) is 17.7 Å². The predicted molar refractivity (Wildman–Crippen MR) is 128 cm³/mol. The maximum atomic E-state index is 14.1. The molecule has 1 amide bonds. The molecule has 0 atom stereocenters. The number of amides is 1. The maximum Gasteiger partial charge on any atom is 0.245 e. The van der Waals surface area contributed by atoms with E-state index >= 15 is 0 Å². The van der Waals surface area contributed by atoms with Crippen molar-refractivity contribution in [2.24, 2.45) is 5.92 Å². The van der Waals surface area contributed by atoms with E-state index in [4.69, 9.17) is 0 Å². The van der Waals surface area contributed by atoms with Gasteiger partial charge in [0.25, 0.3) is 0 Å². The van der Waals surface area contributed by atoms with Crippen LogP contribution in [0.15, 0.2) is 71.5 Å². The highest BCUT2D eigenvalue weighted by Gasteiger charge is 2.35. The van der Waals surface area contributed by atoms with Crippen LogP contribution in [0.3, 0.4) is 0 Å². The Balaban J connectivity index is 1.47. The van der Waals surface area contributed by atoms with Gasteiger partial charge >= 0.3 is 0 Å². The van der Waals surface area contributed by atoms with Crippen molar-refractivity contribution < 1.29 is 22.0 Å².